The van der Waals surface area contributed by atoms with Gasteiger partial charge in [-0.3, -0.25) is 14.4 Å². The van der Waals surface area contributed by atoms with Crippen LogP contribution in [0.5, 0.6) is 0 Å². The summed E-state index contributed by atoms with van der Waals surface area (Å²) in [6.45, 7) is 1.40. The van der Waals surface area contributed by atoms with Gasteiger partial charge in [0.15, 0.2) is 5.82 Å². The van der Waals surface area contributed by atoms with Crippen LogP contribution in [0.25, 0.3) is 22.4 Å². The summed E-state index contributed by atoms with van der Waals surface area (Å²) in [5.74, 6) is -0.674. The number of carbonyl (C=O) groups excluding carboxylic acids is 3. The molecule has 0 spiro atoms. The third-order valence-electron chi connectivity index (χ3n) is 6.75. The Balaban J connectivity index is 1.22. The number of fused-ring (bicyclic) bond motifs is 1. The largest absolute Gasteiger partial charge is 0.351 e. The number of aryl methyl sites for hydroxylation is 2. The second kappa shape index (κ2) is 12.3. The molecule has 0 atom stereocenters. The van der Waals surface area contributed by atoms with E-state index in [0.29, 0.717) is 45.9 Å². The van der Waals surface area contributed by atoms with Gasteiger partial charge in [-0.15, -0.1) is 0 Å². The SMILES string of the molecule is CN(C)CCCNC(=O)c1cc(NC(=O)c2nc(NC(=O)c3ccc4nc(-c5ccc(F)cc5)[nH]c4c3)cn2C)cn1C. The molecule has 0 saturated heterocycles. The number of benzene rings is 2. The number of rotatable bonds is 10. The van der Waals surface area contributed by atoms with Gasteiger partial charge in [0.25, 0.3) is 17.7 Å². The van der Waals surface area contributed by atoms with Crippen LogP contribution in [-0.4, -0.2) is 73.9 Å². The van der Waals surface area contributed by atoms with Crippen LogP contribution in [0.2, 0.25) is 0 Å². The zero-order chi connectivity index (χ0) is 30.7. The molecule has 3 aromatic heterocycles. The highest BCUT2D eigenvalue weighted by molar-refractivity contribution is 6.07. The number of aromatic amines is 1. The molecule has 0 bridgehead atoms. The number of nitrogens with zero attached hydrogens (tertiary/aromatic N) is 5. The summed E-state index contributed by atoms with van der Waals surface area (Å²) in [4.78, 5) is 52.6. The lowest BCUT2D eigenvalue weighted by Crippen LogP contribution is -2.28. The summed E-state index contributed by atoms with van der Waals surface area (Å²) in [5.41, 5.74) is 3.21. The van der Waals surface area contributed by atoms with Gasteiger partial charge in [0.05, 0.1) is 16.7 Å². The molecule has 0 radical (unpaired) electrons. The van der Waals surface area contributed by atoms with Crippen molar-refractivity contribution in [3.8, 4) is 11.4 Å². The summed E-state index contributed by atoms with van der Waals surface area (Å²) < 4.78 is 16.4. The number of carbonyl (C=O) groups is 3. The van der Waals surface area contributed by atoms with E-state index in [1.54, 1.807) is 61.3 Å². The second-order valence-corrected chi connectivity index (χ2v) is 10.4. The van der Waals surface area contributed by atoms with E-state index >= 15 is 0 Å². The zero-order valence-corrected chi connectivity index (χ0v) is 24.2. The molecule has 4 N–H and O–H groups in total. The lowest BCUT2D eigenvalue weighted by atomic mass is 10.2. The minimum absolute atomic E-state index is 0.0711. The summed E-state index contributed by atoms with van der Waals surface area (Å²) in [6, 6.07) is 12.6. The molecule has 3 amide bonds. The number of H-pyrrole nitrogens is 1. The Hall–Kier alpha value is -5.30. The Labute approximate surface area is 246 Å². The molecule has 0 unspecified atom stereocenters. The van der Waals surface area contributed by atoms with E-state index in [4.69, 9.17) is 0 Å². The van der Waals surface area contributed by atoms with E-state index in [2.05, 4.69) is 30.9 Å². The molecule has 5 rings (SSSR count). The predicted octanol–water partition coefficient (Wildman–Crippen LogP) is 3.63. The van der Waals surface area contributed by atoms with E-state index in [1.807, 2.05) is 19.0 Å². The van der Waals surface area contributed by atoms with Gasteiger partial charge in [0.2, 0.25) is 5.82 Å². The zero-order valence-electron chi connectivity index (χ0n) is 24.2. The number of aromatic nitrogens is 5. The fourth-order valence-corrected chi connectivity index (χ4v) is 4.55. The van der Waals surface area contributed by atoms with Crippen LogP contribution in [0.4, 0.5) is 15.9 Å². The third kappa shape index (κ3) is 6.79. The van der Waals surface area contributed by atoms with Gasteiger partial charge in [-0.25, -0.2) is 14.4 Å². The molecule has 3 heterocycles. The third-order valence-corrected chi connectivity index (χ3v) is 6.75. The first-order chi connectivity index (χ1) is 20.6. The van der Waals surface area contributed by atoms with E-state index in [1.165, 1.54) is 22.9 Å². The molecule has 0 aliphatic carbocycles. The average Bonchev–Trinajstić information content (AvgIpc) is 3.66. The number of halogens is 1. The smallest absolute Gasteiger partial charge is 0.291 e. The van der Waals surface area contributed by atoms with Crippen molar-refractivity contribution >= 4 is 40.3 Å². The fraction of sp³-hybridized carbons (Fsp3) is 0.233. The molecule has 222 valence electrons. The minimum Gasteiger partial charge on any atom is -0.351 e. The number of nitrogens with one attached hydrogen (secondary N) is 4. The molecule has 0 aliphatic heterocycles. The number of hydrogen-bond donors (Lipinski definition) is 4. The van der Waals surface area contributed by atoms with Gasteiger partial charge in [-0.2, -0.15) is 0 Å². The standard InChI is InChI=1S/C30H32FN9O3/c1-38(2)13-5-12-32-29(42)24-15-21(16-39(24)3)33-30(43)27-36-25(17-40(27)4)37-28(41)19-8-11-22-23(14-19)35-26(34-22)18-6-9-20(31)10-7-18/h6-11,14-17H,5,12-13H2,1-4H3,(H,32,42)(H,33,43)(H,34,35)(H,37,41). The highest BCUT2D eigenvalue weighted by atomic mass is 19.1. The van der Waals surface area contributed by atoms with E-state index < -0.39 is 11.8 Å². The predicted molar refractivity (Wildman–Crippen MR) is 162 cm³/mol. The molecular formula is C30H32FN9O3. The maximum Gasteiger partial charge on any atom is 0.291 e. The Kier molecular flexibility index (Phi) is 8.34. The van der Waals surface area contributed by atoms with Crippen LogP contribution < -0.4 is 16.0 Å². The van der Waals surface area contributed by atoms with Crippen LogP contribution in [0, 0.1) is 5.82 Å². The lowest BCUT2D eigenvalue weighted by molar-refractivity contribution is 0.0942. The topological polar surface area (TPSA) is 142 Å². The van der Waals surface area contributed by atoms with Crippen LogP contribution in [0.1, 0.15) is 37.9 Å². The van der Waals surface area contributed by atoms with Gasteiger partial charge in [0.1, 0.15) is 17.3 Å². The van der Waals surface area contributed by atoms with Crippen LogP contribution in [0.15, 0.2) is 60.9 Å². The van der Waals surface area contributed by atoms with Crippen molar-refractivity contribution in [1.29, 1.82) is 0 Å². The lowest BCUT2D eigenvalue weighted by Gasteiger charge is -2.10. The van der Waals surface area contributed by atoms with Gasteiger partial charge in [-0.1, -0.05) is 0 Å². The normalized spacial score (nSPS) is 11.2. The van der Waals surface area contributed by atoms with Crippen LogP contribution >= 0.6 is 0 Å². The maximum absolute atomic E-state index is 13.3. The molecule has 13 heteroatoms. The molecular weight excluding hydrogens is 553 g/mol. The summed E-state index contributed by atoms with van der Waals surface area (Å²) in [5, 5.41) is 8.36. The Morgan fingerprint density at radius 1 is 0.907 bits per heavy atom. The quantitative estimate of drug-likeness (QED) is 0.185. The number of imidazole rings is 2. The first-order valence-corrected chi connectivity index (χ1v) is 13.6. The van der Waals surface area contributed by atoms with Crippen molar-refractivity contribution in [3.63, 3.8) is 0 Å². The molecule has 2 aromatic carbocycles. The van der Waals surface area contributed by atoms with Crippen LogP contribution in [-0.2, 0) is 14.1 Å². The van der Waals surface area contributed by atoms with Crippen molar-refractivity contribution in [2.24, 2.45) is 14.1 Å². The van der Waals surface area contributed by atoms with Crippen molar-refractivity contribution < 1.29 is 18.8 Å². The highest BCUT2D eigenvalue weighted by Gasteiger charge is 2.19. The molecule has 12 nitrogen and oxygen atoms in total. The maximum atomic E-state index is 13.3. The monoisotopic (exact) mass is 585 g/mol. The Morgan fingerprint density at radius 2 is 1.67 bits per heavy atom. The van der Waals surface area contributed by atoms with E-state index in [9.17, 15) is 18.8 Å². The Morgan fingerprint density at radius 3 is 2.42 bits per heavy atom. The summed E-state index contributed by atoms with van der Waals surface area (Å²) in [6.07, 6.45) is 4.00. The first-order valence-electron chi connectivity index (χ1n) is 13.6. The van der Waals surface area contributed by atoms with Gasteiger partial charge >= 0.3 is 0 Å². The number of anilines is 2. The van der Waals surface area contributed by atoms with Crippen molar-refractivity contribution in [2.75, 3.05) is 37.8 Å². The van der Waals surface area contributed by atoms with Crippen LogP contribution in [0.3, 0.4) is 0 Å². The van der Waals surface area contributed by atoms with E-state index in [0.717, 1.165) is 13.0 Å². The first kappa shape index (κ1) is 29.2. The van der Waals surface area contributed by atoms with Crippen molar-refractivity contribution in [2.45, 2.75) is 6.42 Å². The summed E-state index contributed by atoms with van der Waals surface area (Å²) >= 11 is 0. The van der Waals surface area contributed by atoms with Gasteiger partial charge in [0, 0.05) is 44.2 Å². The fourth-order valence-electron chi connectivity index (χ4n) is 4.55. The van der Waals surface area contributed by atoms with Gasteiger partial charge in [-0.05, 0) is 75.6 Å². The molecule has 43 heavy (non-hydrogen) atoms. The van der Waals surface area contributed by atoms with Gasteiger partial charge < -0.3 is 35.0 Å². The average molecular weight is 586 g/mol. The second-order valence-electron chi connectivity index (χ2n) is 10.4. The number of amides is 3. The minimum atomic E-state index is -0.501. The molecule has 5 aromatic rings. The molecule has 0 fully saturated rings. The van der Waals surface area contributed by atoms with Crippen molar-refractivity contribution in [3.05, 3.63) is 83.8 Å². The van der Waals surface area contributed by atoms with Crippen molar-refractivity contribution in [1.82, 2.24) is 34.3 Å². The molecule has 0 aliphatic rings. The molecule has 0 saturated carbocycles. The summed E-state index contributed by atoms with van der Waals surface area (Å²) in [7, 11) is 7.31. The Bertz CT molecular complexity index is 1800. The van der Waals surface area contributed by atoms with E-state index in [-0.39, 0.29) is 23.4 Å². The number of hydrogen-bond acceptors (Lipinski definition) is 6. The highest BCUT2D eigenvalue weighted by Crippen LogP contribution is 2.22.